The average Bonchev–Trinajstić information content (AvgIpc) is 2.17. The van der Waals surface area contributed by atoms with Gasteiger partial charge in [-0.15, -0.1) is 0 Å². The highest BCUT2D eigenvalue weighted by Crippen LogP contribution is 2.31. The Morgan fingerprint density at radius 1 is 1.27 bits per heavy atom. The molecule has 0 aromatic heterocycles. The van der Waals surface area contributed by atoms with E-state index in [9.17, 15) is 4.79 Å². The maximum Gasteiger partial charge on any atom is 0.332 e. The zero-order valence-electron chi connectivity index (χ0n) is 7.06. The molecule has 0 bridgehead atoms. The van der Waals surface area contributed by atoms with E-state index in [1.54, 1.807) is 0 Å². The third-order valence-corrected chi connectivity index (χ3v) is 2.36. The van der Waals surface area contributed by atoms with E-state index in [0.717, 1.165) is 11.1 Å². The zero-order valence-corrected chi connectivity index (χ0v) is 7.06. The molecule has 60 valence electrons. The molecule has 0 saturated carbocycles. The van der Waals surface area contributed by atoms with Gasteiger partial charge in [0.25, 0.3) is 0 Å². The van der Waals surface area contributed by atoms with Crippen LogP contribution >= 0.6 is 0 Å². The largest absolute Gasteiger partial charge is 0.478 e. The van der Waals surface area contributed by atoms with Crippen LogP contribution in [-0.4, -0.2) is 11.1 Å². The quantitative estimate of drug-likeness (QED) is 0.625. The van der Waals surface area contributed by atoms with E-state index in [4.69, 9.17) is 5.11 Å². The van der Waals surface area contributed by atoms with E-state index in [1.165, 1.54) is 5.57 Å². The summed E-state index contributed by atoms with van der Waals surface area (Å²) >= 11 is 0. The molecule has 1 N–H and O–H groups in total. The molecule has 0 unspecified atom stereocenters. The van der Waals surface area contributed by atoms with E-state index >= 15 is 0 Å². The van der Waals surface area contributed by atoms with Crippen molar-refractivity contribution in [2.75, 3.05) is 0 Å². The Labute approximate surface area is 66.2 Å². The number of rotatable bonds is 1. The Hall–Kier alpha value is -1.05. The predicted octanol–water partition coefficient (Wildman–Crippen LogP) is 2.13. The molecule has 2 heteroatoms. The Kier molecular flexibility index (Phi) is 1.85. The molecule has 0 atom stereocenters. The molecule has 0 amide bonds. The smallest absolute Gasteiger partial charge is 0.332 e. The van der Waals surface area contributed by atoms with Crippen LogP contribution in [0.3, 0.4) is 0 Å². The summed E-state index contributed by atoms with van der Waals surface area (Å²) in [4.78, 5) is 10.6. The maximum atomic E-state index is 10.6. The van der Waals surface area contributed by atoms with Crippen molar-refractivity contribution in [3.05, 3.63) is 22.3 Å². The van der Waals surface area contributed by atoms with Crippen LogP contribution in [0.5, 0.6) is 0 Å². The van der Waals surface area contributed by atoms with Crippen LogP contribution in [0.2, 0.25) is 0 Å². The van der Waals surface area contributed by atoms with Crippen molar-refractivity contribution in [1.82, 2.24) is 0 Å². The van der Waals surface area contributed by atoms with Crippen LogP contribution in [0.4, 0.5) is 0 Å². The highest BCUT2D eigenvalue weighted by Gasteiger charge is 2.20. The highest BCUT2D eigenvalue weighted by molar-refractivity contribution is 5.90. The fourth-order valence-corrected chi connectivity index (χ4v) is 1.31. The normalized spacial score (nSPS) is 18.1. The van der Waals surface area contributed by atoms with Crippen molar-refractivity contribution in [3.63, 3.8) is 0 Å². The van der Waals surface area contributed by atoms with Gasteiger partial charge in [0.1, 0.15) is 0 Å². The van der Waals surface area contributed by atoms with Crippen molar-refractivity contribution in [2.24, 2.45) is 0 Å². The van der Waals surface area contributed by atoms with Gasteiger partial charge < -0.3 is 5.11 Å². The number of carbonyl (C=O) groups is 1. The molecule has 11 heavy (non-hydrogen) atoms. The van der Waals surface area contributed by atoms with Crippen molar-refractivity contribution in [1.29, 1.82) is 0 Å². The second-order valence-corrected chi connectivity index (χ2v) is 2.99. The molecular weight excluding hydrogens is 140 g/mol. The number of hydrogen-bond acceptors (Lipinski definition) is 1. The minimum absolute atomic E-state index is 0.556. The van der Waals surface area contributed by atoms with Crippen LogP contribution in [0, 0.1) is 0 Å². The van der Waals surface area contributed by atoms with E-state index in [0.29, 0.717) is 12.0 Å². The molecule has 0 fully saturated rings. The monoisotopic (exact) mass is 152 g/mol. The molecular formula is C9H12O2. The van der Waals surface area contributed by atoms with Gasteiger partial charge in [0.2, 0.25) is 0 Å². The molecule has 0 saturated heterocycles. The van der Waals surface area contributed by atoms with Crippen molar-refractivity contribution in [3.8, 4) is 0 Å². The minimum atomic E-state index is -0.779. The Bertz CT molecular complexity index is 269. The molecule has 0 aromatic rings. The third-order valence-electron chi connectivity index (χ3n) is 2.36. The fraction of sp³-hybridized carbons (Fsp3) is 0.444. The third kappa shape index (κ3) is 1.20. The van der Waals surface area contributed by atoms with Gasteiger partial charge in [-0.1, -0.05) is 5.57 Å². The van der Waals surface area contributed by atoms with E-state index in [-0.39, 0.29) is 0 Å². The molecule has 0 radical (unpaired) electrons. The SMILES string of the molecule is CC1=C(C)C(C)=C(C(=O)O)C1. The van der Waals surface area contributed by atoms with Crippen LogP contribution in [-0.2, 0) is 4.79 Å². The van der Waals surface area contributed by atoms with Gasteiger partial charge in [-0.05, 0) is 31.9 Å². The molecule has 1 rings (SSSR count). The van der Waals surface area contributed by atoms with Gasteiger partial charge in [0, 0.05) is 12.0 Å². The second-order valence-electron chi connectivity index (χ2n) is 2.99. The average molecular weight is 152 g/mol. The van der Waals surface area contributed by atoms with Gasteiger partial charge in [-0.3, -0.25) is 0 Å². The van der Waals surface area contributed by atoms with Gasteiger partial charge >= 0.3 is 5.97 Å². The standard InChI is InChI=1S/C9H12O2/c1-5-4-8(9(10)11)7(3)6(5)2/h4H2,1-3H3,(H,10,11). The summed E-state index contributed by atoms with van der Waals surface area (Å²) in [5.74, 6) is -0.779. The molecule has 1 aliphatic carbocycles. The lowest BCUT2D eigenvalue weighted by Gasteiger charge is -1.96. The topological polar surface area (TPSA) is 37.3 Å². The zero-order chi connectivity index (χ0) is 8.59. The molecule has 1 aliphatic rings. The van der Waals surface area contributed by atoms with E-state index < -0.39 is 5.97 Å². The summed E-state index contributed by atoms with van der Waals surface area (Å²) in [7, 11) is 0. The summed E-state index contributed by atoms with van der Waals surface area (Å²) in [5, 5.41) is 8.73. The molecule has 0 aliphatic heterocycles. The second kappa shape index (κ2) is 2.53. The van der Waals surface area contributed by atoms with Crippen molar-refractivity contribution >= 4 is 5.97 Å². The van der Waals surface area contributed by atoms with Gasteiger partial charge in [0.15, 0.2) is 0 Å². The van der Waals surface area contributed by atoms with Crippen LogP contribution in [0.1, 0.15) is 27.2 Å². The first-order chi connectivity index (χ1) is 5.04. The van der Waals surface area contributed by atoms with Crippen molar-refractivity contribution < 1.29 is 9.90 Å². The number of carboxylic acid groups (broad SMARTS) is 1. The fourth-order valence-electron chi connectivity index (χ4n) is 1.31. The number of carboxylic acids is 1. The first-order valence-corrected chi connectivity index (χ1v) is 3.63. The summed E-state index contributed by atoms with van der Waals surface area (Å²) in [5.41, 5.74) is 3.82. The number of allylic oxidation sites excluding steroid dienone is 3. The van der Waals surface area contributed by atoms with Crippen LogP contribution < -0.4 is 0 Å². The first kappa shape index (κ1) is 8.05. The summed E-state index contributed by atoms with van der Waals surface area (Å²) in [6, 6.07) is 0. The summed E-state index contributed by atoms with van der Waals surface area (Å²) in [6.07, 6.45) is 0.618. The predicted molar refractivity (Wildman–Crippen MR) is 43.3 cm³/mol. The van der Waals surface area contributed by atoms with Gasteiger partial charge in [0.05, 0.1) is 0 Å². The Morgan fingerprint density at radius 3 is 2.00 bits per heavy atom. The Balaban J connectivity index is 3.02. The number of hydrogen-bond donors (Lipinski definition) is 1. The van der Waals surface area contributed by atoms with Gasteiger partial charge in [-0.25, -0.2) is 4.79 Å². The van der Waals surface area contributed by atoms with E-state index in [2.05, 4.69) is 0 Å². The van der Waals surface area contributed by atoms with Crippen LogP contribution in [0.15, 0.2) is 22.3 Å². The summed E-state index contributed by atoms with van der Waals surface area (Å²) in [6.45, 7) is 5.82. The first-order valence-electron chi connectivity index (χ1n) is 3.63. The lowest BCUT2D eigenvalue weighted by Crippen LogP contribution is -1.99. The van der Waals surface area contributed by atoms with E-state index in [1.807, 2.05) is 20.8 Å². The van der Waals surface area contributed by atoms with Crippen molar-refractivity contribution in [2.45, 2.75) is 27.2 Å². The van der Waals surface area contributed by atoms with Gasteiger partial charge in [-0.2, -0.15) is 0 Å². The minimum Gasteiger partial charge on any atom is -0.478 e. The van der Waals surface area contributed by atoms with Crippen LogP contribution in [0.25, 0.3) is 0 Å². The molecule has 0 spiro atoms. The lowest BCUT2D eigenvalue weighted by atomic mass is 10.1. The molecule has 0 aromatic carbocycles. The lowest BCUT2D eigenvalue weighted by molar-refractivity contribution is -0.132. The number of aliphatic carboxylic acids is 1. The molecule has 0 heterocycles. The maximum absolute atomic E-state index is 10.6. The summed E-state index contributed by atoms with van der Waals surface area (Å²) < 4.78 is 0. The highest BCUT2D eigenvalue weighted by atomic mass is 16.4. The Morgan fingerprint density at radius 2 is 1.82 bits per heavy atom. The molecule has 2 nitrogen and oxygen atoms in total.